The predicted octanol–water partition coefficient (Wildman–Crippen LogP) is 4.65. The summed E-state index contributed by atoms with van der Waals surface area (Å²) in [4.78, 5) is 24.9. The number of nitrogens with zero attached hydrogens (tertiary/aromatic N) is 5. The predicted molar refractivity (Wildman–Crippen MR) is 139 cm³/mol. The zero-order valence-electron chi connectivity index (χ0n) is 21.3. The van der Waals surface area contributed by atoms with Crippen molar-refractivity contribution in [2.24, 2.45) is 24.6 Å². The van der Waals surface area contributed by atoms with E-state index < -0.39 is 5.82 Å². The largest absolute Gasteiger partial charge is 0.334 e. The zero-order valence-corrected chi connectivity index (χ0v) is 21.3. The molecule has 0 radical (unpaired) electrons. The lowest BCUT2D eigenvalue weighted by Gasteiger charge is -2.23. The second kappa shape index (κ2) is 8.40. The third kappa shape index (κ3) is 3.61. The molecule has 0 bridgehead atoms. The van der Waals surface area contributed by atoms with Crippen LogP contribution in [0.25, 0.3) is 33.6 Å². The van der Waals surface area contributed by atoms with Gasteiger partial charge in [0.25, 0.3) is 5.91 Å². The van der Waals surface area contributed by atoms with E-state index in [1.165, 1.54) is 18.9 Å². The molecule has 2 N–H and O–H groups in total. The van der Waals surface area contributed by atoms with Crippen molar-refractivity contribution in [1.82, 2.24) is 24.0 Å². The minimum absolute atomic E-state index is 0.0698. The summed E-state index contributed by atoms with van der Waals surface area (Å²) in [6.45, 7) is 7.52. The Bertz CT molecular complexity index is 1500. The first-order chi connectivity index (χ1) is 17.3. The molecule has 1 saturated carbocycles. The second-order valence-electron chi connectivity index (χ2n) is 10.7. The molecule has 6 rings (SSSR count). The number of amides is 1. The molecule has 7 nitrogen and oxygen atoms in total. The van der Waals surface area contributed by atoms with Gasteiger partial charge in [-0.3, -0.25) is 4.79 Å². The number of rotatable bonds is 5. The van der Waals surface area contributed by atoms with Crippen LogP contribution in [0.15, 0.2) is 30.3 Å². The van der Waals surface area contributed by atoms with Crippen LogP contribution in [-0.4, -0.2) is 48.5 Å². The van der Waals surface area contributed by atoms with Gasteiger partial charge < -0.3 is 19.8 Å². The van der Waals surface area contributed by atoms with Gasteiger partial charge in [0.05, 0.1) is 11.2 Å². The molecule has 36 heavy (non-hydrogen) atoms. The first-order valence-corrected chi connectivity index (χ1v) is 13.0. The number of aryl methyl sites for hydroxylation is 2. The van der Waals surface area contributed by atoms with Crippen molar-refractivity contribution in [3.05, 3.63) is 47.4 Å². The number of hydrogen-bond donors (Lipinski definition) is 1. The van der Waals surface area contributed by atoms with Crippen molar-refractivity contribution in [3.63, 3.8) is 0 Å². The fourth-order valence-corrected chi connectivity index (χ4v) is 5.78. The molecule has 3 atom stereocenters. The van der Waals surface area contributed by atoms with E-state index >= 15 is 4.39 Å². The number of nitrogens with two attached hydrogens (primary N) is 1. The molecule has 1 aliphatic carbocycles. The maximum Gasteiger partial charge on any atom is 0.254 e. The lowest BCUT2D eigenvalue weighted by Crippen LogP contribution is -2.41. The van der Waals surface area contributed by atoms with Crippen LogP contribution >= 0.6 is 0 Å². The van der Waals surface area contributed by atoms with Crippen LogP contribution in [0.4, 0.5) is 4.39 Å². The zero-order chi connectivity index (χ0) is 25.3. The van der Waals surface area contributed by atoms with Crippen LogP contribution in [0, 0.1) is 24.6 Å². The Kier molecular flexibility index (Phi) is 5.41. The van der Waals surface area contributed by atoms with Gasteiger partial charge >= 0.3 is 0 Å². The summed E-state index contributed by atoms with van der Waals surface area (Å²) in [5.74, 6) is 0.929. The van der Waals surface area contributed by atoms with E-state index in [1.54, 1.807) is 15.5 Å². The maximum atomic E-state index is 15.5. The quantitative estimate of drug-likeness (QED) is 0.444. The summed E-state index contributed by atoms with van der Waals surface area (Å²) in [7, 11) is 1.83. The van der Waals surface area contributed by atoms with E-state index in [0.29, 0.717) is 34.9 Å². The van der Waals surface area contributed by atoms with Crippen molar-refractivity contribution >= 4 is 28.0 Å². The van der Waals surface area contributed by atoms with Crippen LogP contribution in [0.2, 0.25) is 0 Å². The number of benzene rings is 1. The van der Waals surface area contributed by atoms with Crippen LogP contribution in [0.1, 0.15) is 49.2 Å². The number of likely N-dealkylation sites (tertiary alicyclic amines) is 1. The molecule has 1 amide bonds. The van der Waals surface area contributed by atoms with E-state index in [4.69, 9.17) is 15.7 Å². The fraction of sp³-hybridized carbons (Fsp3) is 0.464. The highest BCUT2D eigenvalue weighted by atomic mass is 19.1. The second-order valence-corrected chi connectivity index (χ2v) is 10.7. The maximum absolute atomic E-state index is 15.5. The standard InChI is InChI=1S/C28H33FN6O/c1-5-18-14-34(16(3)24(18)30)28(36)20-10-21(29)25-22(11-20)32-27(33(25)4)23-12-19-9-6-15(2)31-26(19)35(23)13-17-7-8-17/h6,9-12,16-18,24H,5,7-8,13-14,30H2,1-4H3/t16?,18-,24?/m1/s1. The van der Waals surface area contributed by atoms with E-state index in [1.807, 2.05) is 27.0 Å². The molecular weight excluding hydrogens is 455 g/mol. The minimum atomic E-state index is -0.445. The molecular formula is C28H33FN6O. The monoisotopic (exact) mass is 488 g/mol. The number of aromatic nitrogens is 4. The lowest BCUT2D eigenvalue weighted by atomic mass is 9.98. The molecule has 2 unspecified atom stereocenters. The number of fused-ring (bicyclic) bond motifs is 2. The van der Waals surface area contributed by atoms with Crippen molar-refractivity contribution in [1.29, 1.82) is 0 Å². The van der Waals surface area contributed by atoms with E-state index in [0.717, 1.165) is 35.4 Å². The Balaban J connectivity index is 1.44. The third-order valence-electron chi connectivity index (χ3n) is 8.23. The van der Waals surface area contributed by atoms with Crippen molar-refractivity contribution in [3.8, 4) is 11.5 Å². The van der Waals surface area contributed by atoms with Crippen LogP contribution < -0.4 is 5.73 Å². The van der Waals surface area contributed by atoms with Gasteiger partial charge in [-0.1, -0.05) is 13.3 Å². The van der Waals surface area contributed by atoms with Gasteiger partial charge in [-0.2, -0.15) is 0 Å². The van der Waals surface area contributed by atoms with Gasteiger partial charge in [0.15, 0.2) is 5.82 Å². The molecule has 188 valence electrons. The average molecular weight is 489 g/mol. The highest BCUT2D eigenvalue weighted by Gasteiger charge is 2.39. The van der Waals surface area contributed by atoms with Gasteiger partial charge in [-0.15, -0.1) is 0 Å². The summed E-state index contributed by atoms with van der Waals surface area (Å²) < 4.78 is 19.5. The number of halogens is 1. The average Bonchev–Trinajstić information content (AvgIpc) is 3.44. The number of imidazole rings is 1. The van der Waals surface area contributed by atoms with Crippen molar-refractivity contribution < 1.29 is 9.18 Å². The number of carbonyl (C=O) groups is 1. The highest BCUT2D eigenvalue weighted by molar-refractivity contribution is 5.98. The minimum Gasteiger partial charge on any atom is -0.334 e. The number of carbonyl (C=O) groups excluding carboxylic acids is 1. The summed E-state index contributed by atoms with van der Waals surface area (Å²) in [5.41, 5.74) is 10.4. The smallest absolute Gasteiger partial charge is 0.254 e. The van der Waals surface area contributed by atoms with Crippen LogP contribution in [0.5, 0.6) is 0 Å². The SMILES string of the molecule is CC[C@@H]1CN(C(=O)c2cc(F)c3c(c2)nc(-c2cc4ccc(C)nc4n2CC2CC2)n3C)C(C)C1N. The van der Waals surface area contributed by atoms with E-state index in [-0.39, 0.29) is 23.9 Å². The molecule has 3 aromatic heterocycles. The van der Waals surface area contributed by atoms with E-state index in [2.05, 4.69) is 23.6 Å². The first-order valence-electron chi connectivity index (χ1n) is 13.0. The Morgan fingerprint density at radius 2 is 1.97 bits per heavy atom. The van der Waals surface area contributed by atoms with Gasteiger partial charge in [0, 0.05) is 48.9 Å². The number of hydrogen-bond acceptors (Lipinski definition) is 4. The lowest BCUT2D eigenvalue weighted by molar-refractivity contribution is 0.0739. The van der Waals surface area contributed by atoms with Crippen molar-refractivity contribution in [2.75, 3.05) is 6.54 Å². The Morgan fingerprint density at radius 1 is 1.19 bits per heavy atom. The van der Waals surface area contributed by atoms with Gasteiger partial charge in [0.2, 0.25) is 0 Å². The molecule has 1 aliphatic heterocycles. The van der Waals surface area contributed by atoms with Gasteiger partial charge in [-0.05, 0) is 68.9 Å². The van der Waals surface area contributed by atoms with Crippen LogP contribution in [0.3, 0.4) is 0 Å². The third-order valence-corrected chi connectivity index (χ3v) is 8.23. The van der Waals surface area contributed by atoms with Crippen LogP contribution in [-0.2, 0) is 13.6 Å². The van der Waals surface area contributed by atoms with Gasteiger partial charge in [0.1, 0.15) is 17.0 Å². The summed E-state index contributed by atoms with van der Waals surface area (Å²) in [6.07, 6.45) is 3.34. The Labute approximate surface area is 210 Å². The number of pyridine rings is 1. The molecule has 2 fully saturated rings. The Morgan fingerprint density at radius 3 is 2.67 bits per heavy atom. The van der Waals surface area contributed by atoms with E-state index in [9.17, 15) is 4.79 Å². The molecule has 4 aromatic rings. The highest BCUT2D eigenvalue weighted by Crippen LogP contribution is 2.36. The fourth-order valence-electron chi connectivity index (χ4n) is 5.78. The molecule has 0 spiro atoms. The molecule has 8 heteroatoms. The molecule has 2 aliphatic rings. The van der Waals surface area contributed by atoms with Gasteiger partial charge in [-0.25, -0.2) is 14.4 Å². The Hall–Kier alpha value is -3.26. The summed E-state index contributed by atoms with van der Waals surface area (Å²) in [5, 5.41) is 1.05. The summed E-state index contributed by atoms with van der Waals surface area (Å²) >= 11 is 0. The van der Waals surface area contributed by atoms with Crippen molar-refractivity contribution in [2.45, 2.75) is 58.7 Å². The molecule has 1 aromatic carbocycles. The first kappa shape index (κ1) is 23.2. The topological polar surface area (TPSA) is 82.0 Å². The molecule has 4 heterocycles. The molecule has 1 saturated heterocycles. The summed E-state index contributed by atoms with van der Waals surface area (Å²) in [6, 6.07) is 9.09. The normalized spacial score (nSPS) is 22.3.